The number of nitrogens with two attached hydrogens (primary N) is 1. The smallest absolute Gasteiger partial charge is 0.0352 e. The van der Waals surface area contributed by atoms with Crippen molar-refractivity contribution < 1.29 is 0 Å². The highest BCUT2D eigenvalue weighted by Crippen LogP contribution is 2.18. The molecule has 1 aromatic heterocycles. The maximum Gasteiger partial charge on any atom is 0.0352 e. The van der Waals surface area contributed by atoms with Crippen molar-refractivity contribution >= 4 is 16.8 Å². The van der Waals surface area contributed by atoms with E-state index in [1.807, 2.05) is 30.5 Å². The topological polar surface area (TPSA) is 38.9 Å². The molecule has 2 heteroatoms. The molecule has 14 heavy (non-hydrogen) atoms. The minimum Gasteiger partial charge on any atom is -0.327 e. The minimum absolute atomic E-state index is 0.566. The van der Waals surface area contributed by atoms with E-state index in [4.69, 9.17) is 5.73 Å². The molecule has 0 amide bonds. The first-order chi connectivity index (χ1) is 6.92. The molecular formula is C12H12N2. The fourth-order valence-electron chi connectivity index (χ4n) is 1.48. The maximum atomic E-state index is 5.42. The van der Waals surface area contributed by atoms with Crippen LogP contribution in [0.4, 0.5) is 0 Å². The molecule has 2 aromatic rings. The summed E-state index contributed by atoms with van der Waals surface area (Å²) < 4.78 is 0. The van der Waals surface area contributed by atoms with Gasteiger partial charge in [-0.05, 0) is 17.0 Å². The van der Waals surface area contributed by atoms with Crippen LogP contribution in [0, 0.1) is 0 Å². The van der Waals surface area contributed by atoms with Gasteiger partial charge in [-0.3, -0.25) is 4.98 Å². The molecule has 0 radical (unpaired) electrons. The fraction of sp³-hybridized carbons (Fsp3) is 0.0833. The molecule has 1 aromatic carbocycles. The van der Waals surface area contributed by atoms with E-state index in [-0.39, 0.29) is 0 Å². The molecule has 0 aliphatic heterocycles. The normalized spacial score (nSPS) is 11.2. The van der Waals surface area contributed by atoms with Gasteiger partial charge in [0.25, 0.3) is 0 Å². The molecule has 0 fully saturated rings. The quantitative estimate of drug-likeness (QED) is 0.777. The Morgan fingerprint density at radius 3 is 3.07 bits per heavy atom. The summed E-state index contributed by atoms with van der Waals surface area (Å²) in [4.78, 5) is 4.12. The van der Waals surface area contributed by atoms with Crippen LogP contribution >= 0.6 is 0 Å². The van der Waals surface area contributed by atoms with Gasteiger partial charge in [-0.2, -0.15) is 0 Å². The van der Waals surface area contributed by atoms with Crippen molar-refractivity contribution in [1.82, 2.24) is 4.98 Å². The van der Waals surface area contributed by atoms with Crippen molar-refractivity contribution in [2.75, 3.05) is 6.54 Å². The molecule has 70 valence electrons. The summed E-state index contributed by atoms with van der Waals surface area (Å²) in [6, 6.07) is 8.20. The molecule has 2 rings (SSSR count). The molecule has 0 aliphatic carbocycles. The Bertz CT molecular complexity index is 455. The van der Waals surface area contributed by atoms with E-state index in [9.17, 15) is 0 Å². The number of rotatable bonds is 2. The molecule has 0 bridgehead atoms. The van der Waals surface area contributed by atoms with Gasteiger partial charge >= 0.3 is 0 Å². The van der Waals surface area contributed by atoms with Crippen LogP contribution < -0.4 is 5.73 Å². The molecule has 0 atom stereocenters. The number of aromatic nitrogens is 1. The van der Waals surface area contributed by atoms with Gasteiger partial charge in [-0.1, -0.05) is 30.4 Å². The second-order valence-electron chi connectivity index (χ2n) is 3.08. The molecule has 2 nitrogen and oxygen atoms in total. The summed E-state index contributed by atoms with van der Waals surface area (Å²) in [6.07, 6.45) is 7.66. The van der Waals surface area contributed by atoms with Crippen molar-refractivity contribution in [1.29, 1.82) is 0 Å². The molecule has 2 N–H and O–H groups in total. The second kappa shape index (κ2) is 4.03. The van der Waals surface area contributed by atoms with Gasteiger partial charge in [0.2, 0.25) is 0 Å². The Kier molecular flexibility index (Phi) is 2.56. The molecule has 0 saturated carbocycles. The summed E-state index contributed by atoms with van der Waals surface area (Å²) in [7, 11) is 0. The lowest BCUT2D eigenvalue weighted by molar-refractivity contribution is 1.26. The van der Waals surface area contributed by atoms with Gasteiger partial charge in [0.15, 0.2) is 0 Å². The number of benzene rings is 1. The lowest BCUT2D eigenvalue weighted by Crippen LogP contribution is -1.92. The molecule has 0 saturated heterocycles. The van der Waals surface area contributed by atoms with Gasteiger partial charge in [-0.15, -0.1) is 0 Å². The van der Waals surface area contributed by atoms with Gasteiger partial charge in [0.05, 0.1) is 0 Å². The number of hydrogen-bond donors (Lipinski definition) is 1. The van der Waals surface area contributed by atoms with Crippen LogP contribution in [0.1, 0.15) is 5.56 Å². The van der Waals surface area contributed by atoms with Gasteiger partial charge in [0.1, 0.15) is 0 Å². The Morgan fingerprint density at radius 1 is 1.29 bits per heavy atom. The van der Waals surface area contributed by atoms with Crippen LogP contribution in [0.15, 0.2) is 42.7 Å². The van der Waals surface area contributed by atoms with Gasteiger partial charge < -0.3 is 5.73 Å². The summed E-state index contributed by atoms with van der Waals surface area (Å²) in [5.74, 6) is 0. The fourth-order valence-corrected chi connectivity index (χ4v) is 1.48. The summed E-state index contributed by atoms with van der Waals surface area (Å²) in [5.41, 5.74) is 6.59. The van der Waals surface area contributed by atoms with E-state index >= 15 is 0 Å². The minimum atomic E-state index is 0.566. The van der Waals surface area contributed by atoms with Crippen molar-refractivity contribution in [2.24, 2.45) is 5.73 Å². The van der Waals surface area contributed by atoms with Crippen LogP contribution in [0.25, 0.3) is 16.8 Å². The highest BCUT2D eigenvalue weighted by molar-refractivity contribution is 5.89. The first-order valence-electron chi connectivity index (χ1n) is 4.61. The number of fused-ring (bicyclic) bond motifs is 1. The number of nitrogens with zero attached hydrogens (tertiary/aromatic N) is 1. The zero-order chi connectivity index (χ0) is 9.80. The maximum absolute atomic E-state index is 5.42. The second-order valence-corrected chi connectivity index (χ2v) is 3.08. The average Bonchev–Trinajstić information content (AvgIpc) is 2.26. The lowest BCUT2D eigenvalue weighted by Gasteiger charge is -2.00. The van der Waals surface area contributed by atoms with Crippen LogP contribution in [0.3, 0.4) is 0 Å². The lowest BCUT2D eigenvalue weighted by atomic mass is 10.1. The Labute approximate surface area is 83.1 Å². The summed E-state index contributed by atoms with van der Waals surface area (Å²) in [5, 5.41) is 2.37. The number of pyridine rings is 1. The summed E-state index contributed by atoms with van der Waals surface area (Å²) in [6.45, 7) is 0.566. The SMILES string of the molecule is NCC=Cc1cccc2ccncc12. The molecule has 0 spiro atoms. The largest absolute Gasteiger partial charge is 0.327 e. The Balaban J connectivity index is 2.59. The van der Waals surface area contributed by atoms with E-state index in [0.717, 1.165) is 0 Å². The highest BCUT2D eigenvalue weighted by Gasteiger charge is 1.95. The van der Waals surface area contributed by atoms with Gasteiger partial charge in [0, 0.05) is 24.3 Å². The monoisotopic (exact) mass is 184 g/mol. The van der Waals surface area contributed by atoms with E-state index in [0.29, 0.717) is 6.54 Å². The highest BCUT2D eigenvalue weighted by atomic mass is 14.6. The van der Waals surface area contributed by atoms with Crippen LogP contribution in [0.5, 0.6) is 0 Å². The average molecular weight is 184 g/mol. The Morgan fingerprint density at radius 2 is 2.21 bits per heavy atom. The van der Waals surface area contributed by atoms with Crippen LogP contribution in [-0.2, 0) is 0 Å². The van der Waals surface area contributed by atoms with E-state index in [1.165, 1.54) is 16.3 Å². The third-order valence-corrected chi connectivity index (χ3v) is 2.15. The first-order valence-corrected chi connectivity index (χ1v) is 4.61. The molecule has 0 unspecified atom stereocenters. The zero-order valence-corrected chi connectivity index (χ0v) is 7.85. The van der Waals surface area contributed by atoms with Crippen molar-refractivity contribution in [3.8, 4) is 0 Å². The molecule has 1 heterocycles. The van der Waals surface area contributed by atoms with E-state index in [2.05, 4.69) is 17.1 Å². The van der Waals surface area contributed by atoms with E-state index < -0.39 is 0 Å². The zero-order valence-electron chi connectivity index (χ0n) is 7.85. The van der Waals surface area contributed by atoms with Crippen molar-refractivity contribution in [3.63, 3.8) is 0 Å². The van der Waals surface area contributed by atoms with Crippen LogP contribution in [0.2, 0.25) is 0 Å². The first kappa shape index (κ1) is 8.91. The van der Waals surface area contributed by atoms with Gasteiger partial charge in [-0.25, -0.2) is 0 Å². The predicted octanol–water partition coefficient (Wildman–Crippen LogP) is 2.21. The Hall–Kier alpha value is -1.67. The van der Waals surface area contributed by atoms with Crippen molar-refractivity contribution in [3.05, 3.63) is 48.3 Å². The number of hydrogen-bond acceptors (Lipinski definition) is 2. The standard InChI is InChI=1S/C12H12N2/c13-7-2-5-10-3-1-4-11-6-8-14-9-12(10)11/h1-6,8-9H,7,13H2. The predicted molar refractivity (Wildman–Crippen MR) is 59.8 cm³/mol. The van der Waals surface area contributed by atoms with Crippen LogP contribution in [-0.4, -0.2) is 11.5 Å². The third-order valence-electron chi connectivity index (χ3n) is 2.15. The third kappa shape index (κ3) is 1.65. The molecule has 0 aliphatic rings. The molecular weight excluding hydrogens is 172 g/mol. The van der Waals surface area contributed by atoms with E-state index in [1.54, 1.807) is 6.20 Å². The van der Waals surface area contributed by atoms with Crippen molar-refractivity contribution in [2.45, 2.75) is 0 Å². The summed E-state index contributed by atoms with van der Waals surface area (Å²) >= 11 is 0.